The van der Waals surface area contributed by atoms with Crippen LogP contribution in [0, 0.1) is 0 Å². The highest BCUT2D eigenvalue weighted by Gasteiger charge is 2.14. The number of nitrogens with one attached hydrogen (secondary N) is 2. The molecule has 0 radical (unpaired) electrons. The second kappa shape index (κ2) is 11.3. The Balaban J connectivity index is 1.74. The Morgan fingerprint density at radius 2 is 2.10 bits per heavy atom. The average molecular weight is 493 g/mol. The van der Waals surface area contributed by atoms with Crippen LogP contribution in [-0.2, 0) is 11.3 Å². The Hall–Kier alpha value is -2.17. The minimum absolute atomic E-state index is 0.130. The predicted molar refractivity (Wildman–Crippen MR) is 123 cm³/mol. The summed E-state index contributed by atoms with van der Waals surface area (Å²) in [6.45, 7) is 4.30. The predicted octanol–water partition coefficient (Wildman–Crippen LogP) is 3.58. The van der Waals surface area contributed by atoms with E-state index >= 15 is 0 Å². The van der Waals surface area contributed by atoms with Crippen molar-refractivity contribution in [1.29, 1.82) is 0 Å². The van der Waals surface area contributed by atoms with E-state index in [0.717, 1.165) is 33.5 Å². The van der Waals surface area contributed by atoms with Crippen molar-refractivity contribution in [3.8, 4) is 0 Å². The summed E-state index contributed by atoms with van der Waals surface area (Å²) < 4.78 is 7.69. The van der Waals surface area contributed by atoms with Crippen LogP contribution in [-0.4, -0.2) is 58.2 Å². The maximum atomic E-state index is 12.4. The van der Waals surface area contributed by atoms with Crippen molar-refractivity contribution >= 4 is 50.5 Å². The molecule has 0 bridgehead atoms. The van der Waals surface area contributed by atoms with E-state index in [1.54, 1.807) is 35.8 Å². The lowest BCUT2D eigenvalue weighted by Gasteiger charge is -2.10. The molecular weight excluding hydrogens is 468 g/mol. The van der Waals surface area contributed by atoms with Gasteiger partial charge in [0.2, 0.25) is 0 Å². The highest BCUT2D eigenvalue weighted by Crippen LogP contribution is 2.24. The quantitative estimate of drug-likeness (QED) is 0.240. The summed E-state index contributed by atoms with van der Waals surface area (Å²) in [6, 6.07) is 7.35. The number of carbonyl (C=O) groups is 1. The van der Waals surface area contributed by atoms with Gasteiger partial charge in [-0.1, -0.05) is 30.8 Å². The molecule has 0 aliphatic carbocycles. The first-order chi connectivity index (χ1) is 14.6. The van der Waals surface area contributed by atoms with Gasteiger partial charge < -0.3 is 15.4 Å². The number of nitrogens with zero attached hydrogens (tertiary/aromatic N) is 4. The summed E-state index contributed by atoms with van der Waals surface area (Å²) in [4.78, 5) is 21.7. The number of halogens is 1. The van der Waals surface area contributed by atoms with Crippen LogP contribution in [0.3, 0.4) is 0 Å². The van der Waals surface area contributed by atoms with Crippen LogP contribution in [0.25, 0.3) is 11.0 Å². The minimum atomic E-state index is -0.130. The van der Waals surface area contributed by atoms with Gasteiger partial charge in [-0.25, -0.2) is 14.6 Å². The summed E-state index contributed by atoms with van der Waals surface area (Å²) in [6.07, 6.45) is 2.80. The van der Waals surface area contributed by atoms with E-state index in [9.17, 15) is 4.79 Å². The van der Waals surface area contributed by atoms with Gasteiger partial charge in [0.05, 0.1) is 30.3 Å². The second-order valence-corrected chi connectivity index (χ2v) is 8.38. The van der Waals surface area contributed by atoms with Gasteiger partial charge in [0.1, 0.15) is 5.82 Å². The lowest BCUT2D eigenvalue weighted by Crippen LogP contribution is -2.27. The van der Waals surface area contributed by atoms with Gasteiger partial charge in [-0.2, -0.15) is 5.10 Å². The lowest BCUT2D eigenvalue weighted by atomic mass is 10.2. The van der Waals surface area contributed by atoms with Crippen LogP contribution < -0.4 is 10.6 Å². The number of methoxy groups -OCH3 is 1. The molecule has 2 aromatic heterocycles. The number of amides is 1. The van der Waals surface area contributed by atoms with Gasteiger partial charge in [0, 0.05) is 30.4 Å². The van der Waals surface area contributed by atoms with E-state index in [-0.39, 0.29) is 5.91 Å². The minimum Gasteiger partial charge on any atom is -0.383 e. The SMILES string of the molecule is CCCSc1nc(NCCOC)c2cnn(CCNC(=O)c3ccccc3Br)c2n1. The molecule has 0 saturated carbocycles. The van der Waals surface area contributed by atoms with Gasteiger partial charge in [-0.15, -0.1) is 0 Å². The first-order valence-electron chi connectivity index (χ1n) is 9.76. The van der Waals surface area contributed by atoms with Crippen LogP contribution in [0.4, 0.5) is 5.82 Å². The first-order valence-corrected chi connectivity index (χ1v) is 11.5. The van der Waals surface area contributed by atoms with Crippen molar-refractivity contribution in [2.45, 2.75) is 25.0 Å². The molecule has 1 amide bonds. The Morgan fingerprint density at radius 3 is 2.87 bits per heavy atom. The monoisotopic (exact) mass is 492 g/mol. The molecule has 0 atom stereocenters. The Labute approximate surface area is 188 Å². The third-order valence-electron chi connectivity index (χ3n) is 4.24. The molecule has 0 saturated heterocycles. The highest BCUT2D eigenvalue weighted by molar-refractivity contribution is 9.10. The van der Waals surface area contributed by atoms with Crippen molar-refractivity contribution in [3.05, 3.63) is 40.5 Å². The smallest absolute Gasteiger partial charge is 0.252 e. The number of hydrogen-bond acceptors (Lipinski definition) is 7. The van der Waals surface area contributed by atoms with Gasteiger partial charge in [-0.3, -0.25) is 4.79 Å². The standard InChI is InChI=1S/C20H25BrN6O2S/c1-3-12-30-20-25-17(22-9-11-29-2)15-13-24-27(18(15)26-20)10-8-23-19(28)14-6-4-5-7-16(14)21/h4-7,13H,3,8-12H2,1-2H3,(H,23,28)(H,22,25,26). The maximum absolute atomic E-state index is 12.4. The number of anilines is 1. The van der Waals surface area contributed by atoms with E-state index in [1.165, 1.54) is 0 Å². The maximum Gasteiger partial charge on any atom is 0.252 e. The van der Waals surface area contributed by atoms with E-state index in [1.807, 2.05) is 18.2 Å². The number of thioether (sulfide) groups is 1. The van der Waals surface area contributed by atoms with Crippen molar-refractivity contribution in [2.24, 2.45) is 0 Å². The van der Waals surface area contributed by atoms with Crippen LogP contribution in [0.1, 0.15) is 23.7 Å². The third kappa shape index (κ3) is 5.71. The number of hydrogen-bond donors (Lipinski definition) is 2. The van der Waals surface area contributed by atoms with Crippen LogP contribution >= 0.6 is 27.7 Å². The Morgan fingerprint density at radius 1 is 1.27 bits per heavy atom. The summed E-state index contributed by atoms with van der Waals surface area (Å²) >= 11 is 5.03. The first kappa shape index (κ1) is 22.5. The van der Waals surface area contributed by atoms with Gasteiger partial charge in [0.25, 0.3) is 5.91 Å². The Bertz CT molecular complexity index is 997. The number of aromatic nitrogens is 4. The molecular formula is C20H25BrN6O2S. The number of carbonyl (C=O) groups excluding carboxylic acids is 1. The van der Waals surface area contributed by atoms with Crippen molar-refractivity contribution in [3.63, 3.8) is 0 Å². The summed E-state index contributed by atoms with van der Waals surface area (Å²) in [5.74, 6) is 1.56. The fourth-order valence-corrected chi connectivity index (χ4v) is 3.94. The number of rotatable bonds is 11. The van der Waals surface area contributed by atoms with E-state index in [2.05, 4.69) is 43.6 Å². The highest BCUT2D eigenvalue weighted by atomic mass is 79.9. The molecule has 3 rings (SSSR count). The summed E-state index contributed by atoms with van der Waals surface area (Å²) in [7, 11) is 1.67. The number of fused-ring (bicyclic) bond motifs is 1. The molecule has 1 aromatic carbocycles. The molecule has 10 heteroatoms. The second-order valence-electron chi connectivity index (χ2n) is 6.46. The van der Waals surface area contributed by atoms with Crippen LogP contribution in [0.2, 0.25) is 0 Å². The van der Waals surface area contributed by atoms with Crippen LogP contribution in [0.15, 0.2) is 40.1 Å². The molecule has 0 unspecified atom stereocenters. The molecule has 0 spiro atoms. The fourth-order valence-electron chi connectivity index (χ4n) is 2.78. The van der Waals surface area contributed by atoms with Crippen molar-refractivity contribution in [2.75, 3.05) is 37.9 Å². The Kier molecular flexibility index (Phi) is 8.47. The molecule has 0 aliphatic heterocycles. The molecule has 30 heavy (non-hydrogen) atoms. The molecule has 3 aromatic rings. The zero-order valence-corrected chi connectivity index (χ0v) is 19.4. The number of ether oxygens (including phenoxy) is 1. The van der Waals surface area contributed by atoms with Gasteiger partial charge >= 0.3 is 0 Å². The average Bonchev–Trinajstić information content (AvgIpc) is 3.15. The van der Waals surface area contributed by atoms with Crippen LogP contribution in [0.5, 0.6) is 0 Å². The topological polar surface area (TPSA) is 94.0 Å². The van der Waals surface area contributed by atoms with Crippen molar-refractivity contribution in [1.82, 2.24) is 25.1 Å². The largest absolute Gasteiger partial charge is 0.383 e. The number of benzene rings is 1. The van der Waals surface area contributed by atoms with E-state index in [4.69, 9.17) is 9.72 Å². The summed E-state index contributed by atoms with van der Waals surface area (Å²) in [5, 5.41) is 12.3. The molecule has 2 N–H and O–H groups in total. The summed E-state index contributed by atoms with van der Waals surface area (Å²) in [5.41, 5.74) is 1.35. The van der Waals surface area contributed by atoms with E-state index in [0.29, 0.717) is 37.0 Å². The molecule has 8 nitrogen and oxygen atoms in total. The normalized spacial score (nSPS) is 11.0. The lowest BCUT2D eigenvalue weighted by molar-refractivity contribution is 0.0951. The molecule has 0 aliphatic rings. The van der Waals surface area contributed by atoms with E-state index < -0.39 is 0 Å². The zero-order valence-electron chi connectivity index (χ0n) is 17.0. The molecule has 2 heterocycles. The molecule has 0 fully saturated rings. The van der Waals surface area contributed by atoms with Gasteiger partial charge in [0.15, 0.2) is 10.8 Å². The fraction of sp³-hybridized carbons (Fsp3) is 0.400. The third-order valence-corrected chi connectivity index (χ3v) is 5.98. The molecule has 160 valence electrons. The van der Waals surface area contributed by atoms with Crippen molar-refractivity contribution < 1.29 is 9.53 Å². The van der Waals surface area contributed by atoms with Gasteiger partial charge in [-0.05, 0) is 34.5 Å². The zero-order chi connectivity index (χ0) is 21.3.